The fourth-order valence-electron chi connectivity index (χ4n) is 1.78. The molecule has 0 saturated carbocycles. The zero-order valence-electron chi connectivity index (χ0n) is 11.7. The van der Waals surface area contributed by atoms with Crippen molar-refractivity contribution >= 4 is 40.0 Å². The summed E-state index contributed by atoms with van der Waals surface area (Å²) in [5.41, 5.74) is 7.97. The standard InChI is InChI=1S/C16H17FINS/c1-16(2,3)10-4-6-11(7-5-10)20-15-8-12(17)13(18)9-14(15)19/h4-9H,19H2,1-3H3. The zero-order valence-corrected chi connectivity index (χ0v) is 14.7. The number of hydrogen-bond donors (Lipinski definition) is 1. The summed E-state index contributed by atoms with van der Waals surface area (Å²) in [5.74, 6) is -0.228. The van der Waals surface area contributed by atoms with Gasteiger partial charge in [0.1, 0.15) is 5.82 Å². The highest BCUT2D eigenvalue weighted by molar-refractivity contribution is 14.1. The third-order valence-electron chi connectivity index (χ3n) is 3.00. The molecule has 1 nitrogen and oxygen atoms in total. The second-order valence-electron chi connectivity index (χ2n) is 5.68. The van der Waals surface area contributed by atoms with Gasteiger partial charge in [-0.15, -0.1) is 0 Å². The summed E-state index contributed by atoms with van der Waals surface area (Å²) in [4.78, 5) is 1.82. The summed E-state index contributed by atoms with van der Waals surface area (Å²) in [5, 5.41) is 0. The van der Waals surface area contributed by atoms with Crippen molar-refractivity contribution in [2.75, 3.05) is 5.73 Å². The van der Waals surface area contributed by atoms with Gasteiger partial charge in [0.05, 0.1) is 3.57 Å². The van der Waals surface area contributed by atoms with Crippen LogP contribution in [0.2, 0.25) is 0 Å². The second-order valence-corrected chi connectivity index (χ2v) is 7.96. The van der Waals surface area contributed by atoms with Crippen LogP contribution in [0.15, 0.2) is 46.2 Å². The van der Waals surface area contributed by atoms with E-state index < -0.39 is 0 Å². The largest absolute Gasteiger partial charge is 0.398 e. The maximum atomic E-state index is 13.6. The second kappa shape index (κ2) is 5.93. The van der Waals surface area contributed by atoms with Gasteiger partial charge in [-0.05, 0) is 57.8 Å². The van der Waals surface area contributed by atoms with Crippen molar-refractivity contribution in [3.8, 4) is 0 Å². The van der Waals surface area contributed by atoms with Crippen LogP contribution in [0, 0.1) is 9.39 Å². The lowest BCUT2D eigenvalue weighted by atomic mass is 9.87. The molecule has 0 amide bonds. The van der Waals surface area contributed by atoms with Crippen molar-refractivity contribution in [1.29, 1.82) is 0 Å². The maximum absolute atomic E-state index is 13.6. The molecule has 106 valence electrons. The summed E-state index contributed by atoms with van der Waals surface area (Å²) in [6, 6.07) is 11.5. The summed E-state index contributed by atoms with van der Waals surface area (Å²) in [6.07, 6.45) is 0. The normalized spacial score (nSPS) is 11.7. The Hall–Kier alpha value is -0.750. The van der Waals surface area contributed by atoms with Crippen LogP contribution in [0.5, 0.6) is 0 Å². The molecule has 0 heterocycles. The summed E-state index contributed by atoms with van der Waals surface area (Å²) < 4.78 is 14.2. The Labute approximate surface area is 137 Å². The summed E-state index contributed by atoms with van der Waals surface area (Å²) in [6.45, 7) is 6.55. The number of halogens is 2. The number of anilines is 1. The quantitative estimate of drug-likeness (QED) is 0.534. The van der Waals surface area contributed by atoms with Gasteiger partial charge in [-0.2, -0.15) is 0 Å². The number of benzene rings is 2. The Morgan fingerprint density at radius 1 is 1.10 bits per heavy atom. The fourth-order valence-corrected chi connectivity index (χ4v) is 3.14. The molecule has 0 aliphatic rings. The molecular formula is C16H17FINS. The molecule has 4 heteroatoms. The van der Waals surface area contributed by atoms with Gasteiger partial charge >= 0.3 is 0 Å². The van der Waals surface area contributed by atoms with Crippen LogP contribution in [0.1, 0.15) is 26.3 Å². The van der Waals surface area contributed by atoms with Crippen molar-refractivity contribution < 1.29 is 4.39 Å². The van der Waals surface area contributed by atoms with Crippen LogP contribution in [0.25, 0.3) is 0 Å². The van der Waals surface area contributed by atoms with Crippen LogP contribution >= 0.6 is 34.4 Å². The molecule has 2 N–H and O–H groups in total. The highest BCUT2D eigenvalue weighted by atomic mass is 127. The predicted molar refractivity (Wildman–Crippen MR) is 92.8 cm³/mol. The third-order valence-corrected chi connectivity index (χ3v) is 4.91. The van der Waals surface area contributed by atoms with Gasteiger partial charge in [0.15, 0.2) is 0 Å². The molecule has 0 aromatic heterocycles. The first-order chi connectivity index (χ1) is 9.27. The molecule has 0 unspecified atom stereocenters. The van der Waals surface area contributed by atoms with Gasteiger partial charge in [0, 0.05) is 15.5 Å². The van der Waals surface area contributed by atoms with Gasteiger partial charge < -0.3 is 5.73 Å². The van der Waals surface area contributed by atoms with Crippen LogP contribution in [-0.4, -0.2) is 0 Å². The minimum atomic E-state index is -0.228. The van der Waals surface area contributed by atoms with E-state index in [9.17, 15) is 4.39 Å². The van der Waals surface area contributed by atoms with Gasteiger partial charge in [0.25, 0.3) is 0 Å². The lowest BCUT2D eigenvalue weighted by molar-refractivity contribution is 0.590. The molecular weight excluding hydrogens is 384 g/mol. The Bertz CT molecular complexity index is 618. The first-order valence-corrected chi connectivity index (χ1v) is 8.20. The fraction of sp³-hybridized carbons (Fsp3) is 0.250. The summed E-state index contributed by atoms with van der Waals surface area (Å²) >= 11 is 3.43. The smallest absolute Gasteiger partial charge is 0.137 e. The average molecular weight is 401 g/mol. The lowest BCUT2D eigenvalue weighted by Crippen LogP contribution is -2.10. The van der Waals surface area contributed by atoms with E-state index >= 15 is 0 Å². The molecule has 0 fully saturated rings. The van der Waals surface area contributed by atoms with E-state index in [0.717, 1.165) is 9.79 Å². The van der Waals surface area contributed by atoms with Crippen molar-refractivity contribution in [3.05, 3.63) is 51.3 Å². The van der Waals surface area contributed by atoms with Gasteiger partial charge in [-0.3, -0.25) is 0 Å². The first-order valence-electron chi connectivity index (χ1n) is 6.30. The molecule has 0 spiro atoms. The minimum absolute atomic E-state index is 0.136. The van der Waals surface area contributed by atoms with Gasteiger partial charge in [-0.1, -0.05) is 44.7 Å². The van der Waals surface area contributed by atoms with E-state index in [1.165, 1.54) is 23.4 Å². The minimum Gasteiger partial charge on any atom is -0.398 e. The molecule has 0 atom stereocenters. The first kappa shape index (κ1) is 15.6. The summed E-state index contributed by atoms with van der Waals surface area (Å²) in [7, 11) is 0. The average Bonchev–Trinajstić information content (AvgIpc) is 2.35. The van der Waals surface area contributed by atoms with Crippen molar-refractivity contribution in [2.45, 2.75) is 36.0 Å². The molecule has 2 aromatic carbocycles. The highest BCUT2D eigenvalue weighted by Crippen LogP contribution is 2.35. The number of nitrogens with two attached hydrogens (primary N) is 1. The SMILES string of the molecule is CC(C)(C)c1ccc(Sc2cc(F)c(I)cc2N)cc1. The van der Waals surface area contributed by atoms with Crippen molar-refractivity contribution in [3.63, 3.8) is 0 Å². The third kappa shape index (κ3) is 3.67. The Morgan fingerprint density at radius 3 is 2.25 bits per heavy atom. The number of hydrogen-bond acceptors (Lipinski definition) is 2. The molecule has 0 radical (unpaired) electrons. The maximum Gasteiger partial charge on any atom is 0.137 e. The zero-order chi connectivity index (χ0) is 14.9. The molecule has 2 rings (SSSR count). The molecule has 0 bridgehead atoms. The molecule has 2 aromatic rings. The van der Waals surface area contributed by atoms with E-state index in [1.54, 1.807) is 6.07 Å². The van der Waals surface area contributed by atoms with Crippen LogP contribution in [0.3, 0.4) is 0 Å². The monoisotopic (exact) mass is 401 g/mol. The van der Waals surface area contributed by atoms with Crippen molar-refractivity contribution in [2.24, 2.45) is 0 Å². The Balaban J connectivity index is 2.25. The molecule has 0 aliphatic heterocycles. The van der Waals surface area contributed by atoms with E-state index in [1.807, 2.05) is 22.6 Å². The number of nitrogen functional groups attached to an aromatic ring is 1. The van der Waals surface area contributed by atoms with Gasteiger partial charge in [-0.25, -0.2) is 4.39 Å². The Morgan fingerprint density at radius 2 is 1.70 bits per heavy atom. The highest BCUT2D eigenvalue weighted by Gasteiger charge is 2.13. The predicted octanol–water partition coefficient (Wildman–Crippen LogP) is 5.46. The molecule has 0 aliphatic carbocycles. The number of rotatable bonds is 2. The van der Waals surface area contributed by atoms with Crippen LogP contribution in [0.4, 0.5) is 10.1 Å². The van der Waals surface area contributed by atoms with E-state index in [4.69, 9.17) is 5.73 Å². The van der Waals surface area contributed by atoms with Crippen molar-refractivity contribution in [1.82, 2.24) is 0 Å². The molecule has 0 saturated heterocycles. The topological polar surface area (TPSA) is 26.0 Å². The Kier molecular flexibility index (Phi) is 4.64. The van der Waals surface area contributed by atoms with E-state index in [0.29, 0.717) is 9.26 Å². The van der Waals surface area contributed by atoms with Crippen LogP contribution < -0.4 is 5.73 Å². The lowest BCUT2D eigenvalue weighted by Gasteiger charge is -2.19. The van der Waals surface area contributed by atoms with E-state index in [2.05, 4.69) is 45.0 Å². The van der Waals surface area contributed by atoms with Gasteiger partial charge in [0.2, 0.25) is 0 Å². The molecule has 20 heavy (non-hydrogen) atoms. The van der Waals surface area contributed by atoms with Crippen LogP contribution in [-0.2, 0) is 5.41 Å². The van der Waals surface area contributed by atoms with E-state index in [-0.39, 0.29) is 11.2 Å².